The fourth-order valence-electron chi connectivity index (χ4n) is 1.40. The van der Waals surface area contributed by atoms with Gasteiger partial charge in [-0.2, -0.15) is 8.78 Å². The van der Waals surface area contributed by atoms with E-state index in [2.05, 4.69) is 25.2 Å². The molecule has 0 aliphatic rings. The molecule has 106 valence electrons. The second-order valence-corrected chi connectivity index (χ2v) is 3.72. The molecular weight excluding hydrogens is 277 g/mol. The van der Waals surface area contributed by atoms with E-state index in [1.165, 1.54) is 6.07 Å². The van der Waals surface area contributed by atoms with Gasteiger partial charge in [0.2, 0.25) is 5.82 Å². The van der Waals surface area contributed by atoms with Gasteiger partial charge in [-0.1, -0.05) is 0 Å². The van der Waals surface area contributed by atoms with Crippen molar-refractivity contribution in [3.8, 4) is 5.75 Å². The third-order valence-electron chi connectivity index (χ3n) is 2.21. The summed E-state index contributed by atoms with van der Waals surface area (Å²) < 4.78 is 41.3. The van der Waals surface area contributed by atoms with Crippen molar-refractivity contribution in [1.29, 1.82) is 0 Å². The molecule has 0 aliphatic carbocycles. The third-order valence-corrected chi connectivity index (χ3v) is 2.21. The number of hydrogen-bond acceptors (Lipinski definition) is 4. The molecule has 0 aliphatic heterocycles. The Labute approximate surface area is 111 Å². The molecule has 1 amide bonds. The fraction of sp³-hybridized carbons (Fsp3) is 0.182. The molecule has 0 fully saturated rings. The smallest absolute Gasteiger partial charge is 0.387 e. The number of nitrogens with one attached hydrogen (secondary N) is 2. The van der Waals surface area contributed by atoms with Crippen molar-refractivity contribution in [2.75, 3.05) is 5.32 Å². The maximum Gasteiger partial charge on any atom is 0.387 e. The number of aryl methyl sites for hydroxylation is 1. The molecule has 0 bridgehead atoms. The van der Waals surface area contributed by atoms with Gasteiger partial charge in [0, 0.05) is 11.8 Å². The van der Waals surface area contributed by atoms with Crippen LogP contribution >= 0.6 is 0 Å². The molecule has 0 saturated carbocycles. The summed E-state index contributed by atoms with van der Waals surface area (Å²) in [6.45, 7) is -1.51. The van der Waals surface area contributed by atoms with E-state index in [1.54, 1.807) is 6.92 Å². The van der Waals surface area contributed by atoms with Crippen molar-refractivity contribution < 1.29 is 22.7 Å². The van der Waals surface area contributed by atoms with Crippen LogP contribution in [0.1, 0.15) is 16.4 Å². The molecule has 0 radical (unpaired) electrons. The lowest BCUT2D eigenvalue weighted by Gasteiger charge is -2.07. The number of halogens is 3. The highest BCUT2D eigenvalue weighted by Crippen LogP contribution is 2.22. The van der Waals surface area contributed by atoms with Crippen LogP contribution in [0.5, 0.6) is 5.75 Å². The summed E-state index contributed by atoms with van der Waals surface area (Å²) >= 11 is 0. The Morgan fingerprint density at radius 2 is 2.20 bits per heavy atom. The van der Waals surface area contributed by atoms with Crippen LogP contribution in [0.4, 0.5) is 18.9 Å². The number of aromatic nitrogens is 3. The van der Waals surface area contributed by atoms with Crippen LogP contribution in [0.25, 0.3) is 0 Å². The molecule has 0 unspecified atom stereocenters. The van der Waals surface area contributed by atoms with Crippen molar-refractivity contribution >= 4 is 11.6 Å². The molecule has 0 atom stereocenters. The van der Waals surface area contributed by atoms with Crippen molar-refractivity contribution in [2.24, 2.45) is 0 Å². The van der Waals surface area contributed by atoms with E-state index >= 15 is 0 Å². The number of H-pyrrole nitrogens is 1. The van der Waals surface area contributed by atoms with Gasteiger partial charge < -0.3 is 10.1 Å². The Kier molecular flexibility index (Phi) is 3.87. The van der Waals surface area contributed by atoms with E-state index in [1.807, 2.05) is 0 Å². The van der Waals surface area contributed by atoms with Crippen LogP contribution < -0.4 is 10.1 Å². The number of anilines is 1. The molecule has 1 heterocycles. The SMILES string of the molecule is Cc1nc(C(=O)Nc2ccc(OC(F)F)c(F)c2)n[nH]1. The molecule has 1 aromatic heterocycles. The van der Waals surface area contributed by atoms with Crippen LogP contribution in [-0.4, -0.2) is 27.7 Å². The number of carbonyl (C=O) groups excluding carboxylic acids is 1. The quantitative estimate of drug-likeness (QED) is 0.902. The third kappa shape index (κ3) is 3.25. The minimum atomic E-state index is -3.12. The summed E-state index contributed by atoms with van der Waals surface area (Å²) in [5, 5.41) is 8.43. The Morgan fingerprint density at radius 1 is 1.45 bits per heavy atom. The lowest BCUT2D eigenvalue weighted by molar-refractivity contribution is -0.0521. The molecule has 6 nitrogen and oxygen atoms in total. The monoisotopic (exact) mass is 286 g/mol. The molecule has 0 saturated heterocycles. The largest absolute Gasteiger partial charge is 0.432 e. The standard InChI is InChI=1S/C11H9F3N4O2/c1-5-15-9(18-17-5)10(19)16-6-2-3-8(7(12)4-6)20-11(13)14/h2-4,11H,1H3,(H,16,19)(H,15,17,18). The van der Waals surface area contributed by atoms with E-state index in [0.29, 0.717) is 5.82 Å². The summed E-state index contributed by atoms with van der Waals surface area (Å²) in [4.78, 5) is 15.5. The average Bonchev–Trinajstić information content (AvgIpc) is 2.79. The molecule has 2 aromatic rings. The first-order chi connectivity index (χ1) is 9.45. The summed E-state index contributed by atoms with van der Waals surface area (Å²) in [5.41, 5.74) is 0.0663. The second-order valence-electron chi connectivity index (χ2n) is 3.72. The van der Waals surface area contributed by atoms with Crippen LogP contribution in [0.3, 0.4) is 0 Å². The van der Waals surface area contributed by atoms with Gasteiger partial charge in [-0.15, -0.1) is 5.10 Å². The lowest BCUT2D eigenvalue weighted by atomic mass is 10.3. The predicted octanol–water partition coefficient (Wildman–Crippen LogP) is 2.11. The van der Waals surface area contributed by atoms with Crippen LogP contribution in [0.2, 0.25) is 0 Å². The van der Waals surface area contributed by atoms with Crippen LogP contribution in [-0.2, 0) is 0 Å². The number of hydrogen-bond donors (Lipinski definition) is 2. The van der Waals surface area contributed by atoms with Gasteiger partial charge in [0.25, 0.3) is 5.91 Å². The summed E-state index contributed by atoms with van der Waals surface area (Å²) in [5.74, 6) is -1.95. The van der Waals surface area contributed by atoms with E-state index in [0.717, 1.165) is 12.1 Å². The first-order valence-corrected chi connectivity index (χ1v) is 5.40. The second kappa shape index (κ2) is 5.59. The van der Waals surface area contributed by atoms with Gasteiger partial charge in [0.15, 0.2) is 11.6 Å². The average molecular weight is 286 g/mol. The Bertz CT molecular complexity index is 630. The molecule has 0 spiro atoms. The van der Waals surface area contributed by atoms with Crippen LogP contribution in [0, 0.1) is 12.7 Å². The number of rotatable bonds is 4. The lowest BCUT2D eigenvalue weighted by Crippen LogP contribution is -2.14. The van der Waals surface area contributed by atoms with Gasteiger partial charge in [-0.05, 0) is 19.1 Å². The number of aromatic amines is 1. The van der Waals surface area contributed by atoms with E-state index in [-0.39, 0.29) is 11.5 Å². The minimum Gasteiger partial charge on any atom is -0.432 e. The van der Waals surface area contributed by atoms with Gasteiger partial charge in [-0.25, -0.2) is 9.37 Å². The number of carbonyl (C=O) groups is 1. The normalized spacial score (nSPS) is 10.7. The number of amides is 1. The Morgan fingerprint density at radius 3 is 2.75 bits per heavy atom. The van der Waals surface area contributed by atoms with Gasteiger partial charge in [-0.3, -0.25) is 9.89 Å². The first-order valence-electron chi connectivity index (χ1n) is 5.40. The summed E-state index contributed by atoms with van der Waals surface area (Å²) in [6.07, 6.45) is 0. The molecule has 2 N–H and O–H groups in total. The summed E-state index contributed by atoms with van der Waals surface area (Å²) in [6, 6.07) is 3.06. The Balaban J connectivity index is 2.10. The highest BCUT2D eigenvalue weighted by Gasteiger charge is 2.14. The van der Waals surface area contributed by atoms with Gasteiger partial charge in [0.1, 0.15) is 5.82 Å². The molecule has 9 heteroatoms. The van der Waals surface area contributed by atoms with E-state index in [4.69, 9.17) is 0 Å². The van der Waals surface area contributed by atoms with Crippen LogP contribution in [0.15, 0.2) is 18.2 Å². The van der Waals surface area contributed by atoms with Crippen molar-refractivity contribution in [3.05, 3.63) is 35.7 Å². The molecular formula is C11H9F3N4O2. The number of ether oxygens (including phenoxy) is 1. The van der Waals surface area contributed by atoms with Crippen molar-refractivity contribution in [2.45, 2.75) is 13.5 Å². The predicted molar refractivity (Wildman–Crippen MR) is 62.1 cm³/mol. The zero-order valence-corrected chi connectivity index (χ0v) is 10.2. The number of nitrogens with zero attached hydrogens (tertiary/aromatic N) is 2. The maximum atomic E-state index is 13.4. The van der Waals surface area contributed by atoms with E-state index < -0.39 is 24.1 Å². The van der Waals surface area contributed by atoms with Gasteiger partial charge in [0.05, 0.1) is 0 Å². The maximum absolute atomic E-state index is 13.4. The topological polar surface area (TPSA) is 79.9 Å². The summed E-state index contributed by atoms with van der Waals surface area (Å²) in [7, 11) is 0. The molecule has 1 aromatic carbocycles. The highest BCUT2D eigenvalue weighted by molar-refractivity contribution is 6.01. The van der Waals surface area contributed by atoms with Crippen molar-refractivity contribution in [1.82, 2.24) is 15.2 Å². The highest BCUT2D eigenvalue weighted by atomic mass is 19.3. The van der Waals surface area contributed by atoms with Crippen molar-refractivity contribution in [3.63, 3.8) is 0 Å². The number of alkyl halides is 2. The zero-order valence-electron chi connectivity index (χ0n) is 10.2. The first kappa shape index (κ1) is 13.8. The fourth-order valence-corrected chi connectivity index (χ4v) is 1.40. The van der Waals surface area contributed by atoms with Gasteiger partial charge >= 0.3 is 6.61 Å². The molecule has 20 heavy (non-hydrogen) atoms. The minimum absolute atomic E-state index is 0.0663. The van der Waals surface area contributed by atoms with E-state index in [9.17, 15) is 18.0 Å². The zero-order chi connectivity index (χ0) is 14.7. The molecule has 2 rings (SSSR count). The number of benzene rings is 1. The Hall–Kier alpha value is -2.58.